The van der Waals surface area contributed by atoms with Crippen LogP contribution >= 0.6 is 0 Å². The second-order valence-corrected chi connectivity index (χ2v) is 3.60. The molecule has 0 bridgehead atoms. The van der Waals surface area contributed by atoms with Crippen LogP contribution in [0.2, 0.25) is 0 Å². The summed E-state index contributed by atoms with van der Waals surface area (Å²) in [5.74, 6) is -0.745. The number of hydrogen-bond donors (Lipinski definition) is 2. The number of halogens is 1. The predicted octanol–water partition coefficient (Wildman–Crippen LogP) is 2.36. The Balaban J connectivity index is 2.11. The van der Waals surface area contributed by atoms with E-state index in [0.29, 0.717) is 11.4 Å². The topological polar surface area (TPSA) is 57.8 Å². The first-order valence-electron chi connectivity index (χ1n) is 5.30. The molecule has 0 saturated heterocycles. The first kappa shape index (κ1) is 11.3. The van der Waals surface area contributed by atoms with Gasteiger partial charge >= 0.3 is 0 Å². The molecule has 0 spiro atoms. The SMILES string of the molecule is CCc1cc(C(=O)Nc2cccc(F)c2)n[nH]1. The van der Waals surface area contributed by atoms with Gasteiger partial charge in [-0.05, 0) is 30.7 Å². The van der Waals surface area contributed by atoms with Gasteiger partial charge < -0.3 is 5.32 Å². The van der Waals surface area contributed by atoms with E-state index in [1.807, 2.05) is 6.92 Å². The lowest BCUT2D eigenvalue weighted by molar-refractivity contribution is 0.102. The van der Waals surface area contributed by atoms with Crippen molar-refractivity contribution >= 4 is 11.6 Å². The van der Waals surface area contributed by atoms with Crippen molar-refractivity contribution in [3.05, 3.63) is 47.5 Å². The second kappa shape index (κ2) is 4.78. The maximum atomic E-state index is 12.9. The minimum Gasteiger partial charge on any atom is -0.320 e. The van der Waals surface area contributed by atoms with E-state index < -0.39 is 0 Å². The van der Waals surface area contributed by atoms with Crippen LogP contribution in [0.1, 0.15) is 23.1 Å². The van der Waals surface area contributed by atoms with Crippen molar-refractivity contribution in [2.24, 2.45) is 0 Å². The third kappa shape index (κ3) is 2.69. The number of amides is 1. The van der Waals surface area contributed by atoms with E-state index in [9.17, 15) is 9.18 Å². The summed E-state index contributed by atoms with van der Waals surface area (Å²) in [7, 11) is 0. The highest BCUT2D eigenvalue weighted by molar-refractivity contribution is 6.02. The fourth-order valence-electron chi connectivity index (χ4n) is 1.42. The van der Waals surface area contributed by atoms with Gasteiger partial charge in [-0.25, -0.2) is 4.39 Å². The number of aromatic nitrogens is 2. The lowest BCUT2D eigenvalue weighted by Gasteiger charge is -2.02. The third-order valence-electron chi connectivity index (χ3n) is 2.33. The Labute approximate surface area is 97.9 Å². The van der Waals surface area contributed by atoms with E-state index in [2.05, 4.69) is 15.5 Å². The van der Waals surface area contributed by atoms with Crippen molar-refractivity contribution in [3.8, 4) is 0 Å². The molecule has 0 unspecified atom stereocenters. The molecule has 1 aromatic carbocycles. The Kier molecular flexibility index (Phi) is 3.18. The summed E-state index contributed by atoms with van der Waals surface area (Å²) in [5.41, 5.74) is 1.59. The van der Waals surface area contributed by atoms with Gasteiger partial charge in [0, 0.05) is 11.4 Å². The fourth-order valence-corrected chi connectivity index (χ4v) is 1.42. The molecular weight excluding hydrogens is 221 g/mol. The molecule has 5 heteroatoms. The fraction of sp³-hybridized carbons (Fsp3) is 0.167. The van der Waals surface area contributed by atoms with Gasteiger partial charge in [0.25, 0.3) is 5.91 Å². The van der Waals surface area contributed by atoms with Gasteiger partial charge in [0.2, 0.25) is 0 Å². The number of hydrogen-bond acceptors (Lipinski definition) is 2. The van der Waals surface area contributed by atoms with Gasteiger partial charge in [-0.1, -0.05) is 13.0 Å². The van der Waals surface area contributed by atoms with E-state index in [-0.39, 0.29) is 11.7 Å². The number of carbonyl (C=O) groups is 1. The molecule has 2 N–H and O–H groups in total. The summed E-state index contributed by atoms with van der Waals surface area (Å²) in [5, 5.41) is 9.20. The van der Waals surface area contributed by atoms with Crippen molar-refractivity contribution < 1.29 is 9.18 Å². The maximum absolute atomic E-state index is 12.9. The van der Waals surface area contributed by atoms with Crippen LogP contribution in [0, 0.1) is 5.82 Å². The molecular formula is C12H12FN3O. The Morgan fingerprint density at radius 1 is 1.47 bits per heavy atom. The van der Waals surface area contributed by atoms with Gasteiger partial charge in [-0.3, -0.25) is 9.89 Å². The molecule has 0 aliphatic heterocycles. The highest BCUT2D eigenvalue weighted by Gasteiger charge is 2.10. The summed E-state index contributed by atoms with van der Waals surface area (Å²) in [6.45, 7) is 1.96. The number of aromatic amines is 1. The van der Waals surface area contributed by atoms with Crippen LogP contribution in [0.3, 0.4) is 0 Å². The second-order valence-electron chi connectivity index (χ2n) is 3.60. The lowest BCUT2D eigenvalue weighted by atomic mass is 10.2. The van der Waals surface area contributed by atoms with Crippen LogP contribution in [-0.2, 0) is 6.42 Å². The minimum atomic E-state index is -0.390. The number of nitrogens with zero attached hydrogens (tertiary/aromatic N) is 1. The largest absolute Gasteiger partial charge is 0.320 e. The van der Waals surface area contributed by atoms with E-state index >= 15 is 0 Å². The van der Waals surface area contributed by atoms with E-state index in [0.717, 1.165) is 12.1 Å². The van der Waals surface area contributed by atoms with Gasteiger partial charge in [0.05, 0.1) is 0 Å². The molecule has 1 aromatic heterocycles. The molecule has 2 aromatic rings. The van der Waals surface area contributed by atoms with Gasteiger partial charge in [-0.2, -0.15) is 5.10 Å². The van der Waals surface area contributed by atoms with Crippen molar-refractivity contribution in [3.63, 3.8) is 0 Å². The molecule has 88 valence electrons. The van der Waals surface area contributed by atoms with Gasteiger partial charge in [0.1, 0.15) is 5.82 Å². The van der Waals surface area contributed by atoms with Crippen molar-refractivity contribution in [1.82, 2.24) is 10.2 Å². The Morgan fingerprint density at radius 2 is 2.29 bits per heavy atom. The Morgan fingerprint density at radius 3 is 2.94 bits per heavy atom. The van der Waals surface area contributed by atoms with Crippen LogP contribution < -0.4 is 5.32 Å². The molecule has 0 saturated carbocycles. The molecule has 1 heterocycles. The zero-order valence-electron chi connectivity index (χ0n) is 9.33. The third-order valence-corrected chi connectivity index (χ3v) is 2.33. The minimum absolute atomic E-state index is 0.297. The van der Waals surface area contributed by atoms with E-state index in [1.165, 1.54) is 18.2 Å². The average Bonchev–Trinajstić information content (AvgIpc) is 2.77. The molecule has 1 amide bonds. The van der Waals surface area contributed by atoms with Crippen LogP contribution in [0.4, 0.5) is 10.1 Å². The number of benzene rings is 1. The van der Waals surface area contributed by atoms with Crippen molar-refractivity contribution in [2.75, 3.05) is 5.32 Å². The van der Waals surface area contributed by atoms with Crippen molar-refractivity contribution in [1.29, 1.82) is 0 Å². The summed E-state index contributed by atoms with van der Waals surface area (Å²) >= 11 is 0. The van der Waals surface area contributed by atoms with E-state index in [1.54, 1.807) is 12.1 Å². The molecule has 0 atom stereocenters. The zero-order valence-corrected chi connectivity index (χ0v) is 9.33. The number of nitrogens with one attached hydrogen (secondary N) is 2. The average molecular weight is 233 g/mol. The lowest BCUT2D eigenvalue weighted by Crippen LogP contribution is -2.12. The number of aryl methyl sites for hydroxylation is 1. The highest BCUT2D eigenvalue weighted by atomic mass is 19.1. The molecule has 2 rings (SSSR count). The molecule has 17 heavy (non-hydrogen) atoms. The predicted molar refractivity (Wildman–Crippen MR) is 62.3 cm³/mol. The highest BCUT2D eigenvalue weighted by Crippen LogP contribution is 2.10. The summed E-state index contributed by atoms with van der Waals surface area (Å²) in [4.78, 5) is 11.7. The maximum Gasteiger partial charge on any atom is 0.276 e. The molecule has 4 nitrogen and oxygen atoms in total. The van der Waals surface area contributed by atoms with E-state index in [4.69, 9.17) is 0 Å². The first-order valence-corrected chi connectivity index (χ1v) is 5.30. The molecule has 0 fully saturated rings. The smallest absolute Gasteiger partial charge is 0.276 e. The van der Waals surface area contributed by atoms with Gasteiger partial charge in [0.15, 0.2) is 5.69 Å². The molecule has 0 aliphatic rings. The van der Waals surface area contributed by atoms with Crippen LogP contribution in [0.25, 0.3) is 0 Å². The normalized spacial score (nSPS) is 10.2. The monoisotopic (exact) mass is 233 g/mol. The number of anilines is 1. The first-order chi connectivity index (χ1) is 8.19. The molecule has 0 aliphatic carbocycles. The summed E-state index contributed by atoms with van der Waals surface area (Å²) in [6, 6.07) is 7.40. The van der Waals surface area contributed by atoms with Crippen LogP contribution in [-0.4, -0.2) is 16.1 Å². The number of rotatable bonds is 3. The number of carbonyl (C=O) groups excluding carboxylic acids is 1. The van der Waals surface area contributed by atoms with Crippen LogP contribution in [0.15, 0.2) is 30.3 Å². The van der Waals surface area contributed by atoms with Crippen LogP contribution in [0.5, 0.6) is 0 Å². The standard InChI is InChI=1S/C12H12FN3O/c1-2-9-7-11(16-15-9)12(17)14-10-5-3-4-8(13)6-10/h3-7H,2H2,1H3,(H,14,17)(H,15,16). The Bertz CT molecular complexity index is 536. The zero-order chi connectivity index (χ0) is 12.3. The number of H-pyrrole nitrogens is 1. The quantitative estimate of drug-likeness (QED) is 0.855. The van der Waals surface area contributed by atoms with Gasteiger partial charge in [-0.15, -0.1) is 0 Å². The molecule has 0 radical (unpaired) electrons. The summed E-state index contributed by atoms with van der Waals surface area (Å²) in [6.07, 6.45) is 0.778. The van der Waals surface area contributed by atoms with Crippen molar-refractivity contribution in [2.45, 2.75) is 13.3 Å². The summed E-state index contributed by atoms with van der Waals surface area (Å²) < 4.78 is 12.9. The Hall–Kier alpha value is -2.17.